The average molecular weight is 246 g/mol. The molecular formula is C14H22N4. The van der Waals surface area contributed by atoms with Gasteiger partial charge in [0, 0.05) is 18.2 Å². The molecule has 0 aliphatic heterocycles. The van der Waals surface area contributed by atoms with Crippen LogP contribution in [0.4, 0.5) is 5.82 Å². The Balaban J connectivity index is 2.43. The van der Waals surface area contributed by atoms with E-state index in [0.29, 0.717) is 12.0 Å². The predicted octanol–water partition coefficient (Wildman–Crippen LogP) is 3.68. The van der Waals surface area contributed by atoms with Gasteiger partial charge >= 0.3 is 0 Å². The van der Waals surface area contributed by atoms with E-state index >= 15 is 0 Å². The topological polar surface area (TPSA) is 53.6 Å². The SMILES string of the molecule is CCCC(C)c1nc(NC(C)C)c2cc[nH]c2n1. The molecule has 1 unspecified atom stereocenters. The van der Waals surface area contributed by atoms with Crippen LogP contribution in [0, 0.1) is 0 Å². The number of H-pyrrole nitrogens is 1. The maximum absolute atomic E-state index is 4.69. The Labute approximate surface area is 108 Å². The Morgan fingerprint density at radius 3 is 2.72 bits per heavy atom. The summed E-state index contributed by atoms with van der Waals surface area (Å²) in [7, 11) is 0. The molecule has 0 radical (unpaired) electrons. The minimum absolute atomic E-state index is 0.368. The maximum Gasteiger partial charge on any atom is 0.143 e. The molecule has 2 heterocycles. The van der Waals surface area contributed by atoms with Crippen LogP contribution in [0.3, 0.4) is 0 Å². The lowest BCUT2D eigenvalue weighted by molar-refractivity contribution is 0.629. The van der Waals surface area contributed by atoms with Crippen molar-refractivity contribution in [2.75, 3.05) is 5.32 Å². The molecule has 4 nitrogen and oxygen atoms in total. The molecule has 4 heteroatoms. The number of fused-ring (bicyclic) bond motifs is 1. The van der Waals surface area contributed by atoms with Crippen LogP contribution >= 0.6 is 0 Å². The number of rotatable bonds is 5. The lowest BCUT2D eigenvalue weighted by Gasteiger charge is -2.14. The number of nitrogens with one attached hydrogen (secondary N) is 2. The van der Waals surface area contributed by atoms with Gasteiger partial charge in [0.15, 0.2) is 0 Å². The summed E-state index contributed by atoms with van der Waals surface area (Å²) in [6.45, 7) is 8.62. The standard InChI is InChI=1S/C14H22N4/c1-5-6-10(4)12-17-13-11(7-8-15-13)14(18-12)16-9(2)3/h7-10H,5-6H2,1-4H3,(H2,15,16,17,18). The summed E-state index contributed by atoms with van der Waals surface area (Å²) in [6.07, 6.45) is 4.19. The molecule has 2 N–H and O–H groups in total. The molecule has 2 rings (SSSR count). The molecule has 18 heavy (non-hydrogen) atoms. The number of nitrogens with zero attached hydrogens (tertiary/aromatic N) is 2. The molecule has 0 saturated heterocycles. The van der Waals surface area contributed by atoms with Gasteiger partial charge in [0.1, 0.15) is 17.3 Å². The van der Waals surface area contributed by atoms with Crippen LogP contribution < -0.4 is 5.32 Å². The smallest absolute Gasteiger partial charge is 0.143 e. The highest BCUT2D eigenvalue weighted by molar-refractivity contribution is 5.87. The summed E-state index contributed by atoms with van der Waals surface area (Å²) in [5, 5.41) is 4.47. The second-order valence-electron chi connectivity index (χ2n) is 5.16. The van der Waals surface area contributed by atoms with E-state index in [0.717, 1.165) is 35.5 Å². The fourth-order valence-electron chi connectivity index (χ4n) is 2.12. The van der Waals surface area contributed by atoms with Gasteiger partial charge in [0.2, 0.25) is 0 Å². The van der Waals surface area contributed by atoms with Crippen molar-refractivity contribution < 1.29 is 0 Å². The Hall–Kier alpha value is -1.58. The van der Waals surface area contributed by atoms with Crippen molar-refractivity contribution in [1.82, 2.24) is 15.0 Å². The summed E-state index contributed by atoms with van der Waals surface area (Å²) in [6, 6.07) is 2.39. The Kier molecular flexibility index (Phi) is 3.84. The van der Waals surface area contributed by atoms with E-state index in [1.54, 1.807) is 0 Å². The first-order valence-corrected chi connectivity index (χ1v) is 6.73. The molecule has 0 saturated carbocycles. The van der Waals surface area contributed by atoms with Crippen LogP contribution in [0.5, 0.6) is 0 Å². The average Bonchev–Trinajstić information content (AvgIpc) is 2.76. The lowest BCUT2D eigenvalue weighted by atomic mass is 10.1. The van der Waals surface area contributed by atoms with Crippen LogP contribution in [0.2, 0.25) is 0 Å². The first kappa shape index (κ1) is 12.9. The van der Waals surface area contributed by atoms with Gasteiger partial charge in [-0.25, -0.2) is 9.97 Å². The van der Waals surface area contributed by atoms with Crippen molar-refractivity contribution in [2.24, 2.45) is 0 Å². The molecule has 0 fully saturated rings. The molecule has 0 amide bonds. The van der Waals surface area contributed by atoms with E-state index in [2.05, 4.69) is 48.0 Å². The quantitative estimate of drug-likeness (QED) is 0.846. The van der Waals surface area contributed by atoms with Crippen molar-refractivity contribution in [3.05, 3.63) is 18.1 Å². The predicted molar refractivity (Wildman–Crippen MR) is 76.0 cm³/mol. The monoisotopic (exact) mass is 246 g/mol. The third-order valence-corrected chi connectivity index (χ3v) is 3.02. The zero-order chi connectivity index (χ0) is 13.1. The van der Waals surface area contributed by atoms with Crippen molar-refractivity contribution in [1.29, 1.82) is 0 Å². The number of anilines is 1. The van der Waals surface area contributed by atoms with Gasteiger partial charge in [-0.15, -0.1) is 0 Å². The molecule has 0 aromatic carbocycles. The zero-order valence-electron chi connectivity index (χ0n) is 11.6. The Morgan fingerprint density at radius 2 is 2.06 bits per heavy atom. The highest BCUT2D eigenvalue weighted by Crippen LogP contribution is 2.24. The number of aromatic amines is 1. The zero-order valence-corrected chi connectivity index (χ0v) is 11.6. The minimum atomic E-state index is 0.368. The van der Waals surface area contributed by atoms with E-state index in [9.17, 15) is 0 Å². The second-order valence-corrected chi connectivity index (χ2v) is 5.16. The summed E-state index contributed by atoms with van der Waals surface area (Å²) in [5.41, 5.74) is 0.922. The summed E-state index contributed by atoms with van der Waals surface area (Å²) in [4.78, 5) is 12.5. The second kappa shape index (κ2) is 5.38. The first-order chi connectivity index (χ1) is 8.61. The van der Waals surface area contributed by atoms with E-state index in [4.69, 9.17) is 0 Å². The van der Waals surface area contributed by atoms with Gasteiger partial charge in [0.05, 0.1) is 5.39 Å². The largest absolute Gasteiger partial charge is 0.367 e. The first-order valence-electron chi connectivity index (χ1n) is 6.73. The van der Waals surface area contributed by atoms with Crippen LogP contribution in [0.15, 0.2) is 12.3 Å². The normalized spacial score (nSPS) is 13.2. The fourth-order valence-corrected chi connectivity index (χ4v) is 2.12. The van der Waals surface area contributed by atoms with E-state index < -0.39 is 0 Å². The molecule has 0 aliphatic rings. The minimum Gasteiger partial charge on any atom is -0.367 e. The highest BCUT2D eigenvalue weighted by atomic mass is 15.1. The summed E-state index contributed by atoms with van der Waals surface area (Å²) >= 11 is 0. The summed E-state index contributed by atoms with van der Waals surface area (Å²) in [5.74, 6) is 2.26. The van der Waals surface area contributed by atoms with Gasteiger partial charge in [0.25, 0.3) is 0 Å². The molecule has 98 valence electrons. The van der Waals surface area contributed by atoms with Crippen LogP contribution in [-0.4, -0.2) is 21.0 Å². The number of hydrogen-bond donors (Lipinski definition) is 2. The van der Waals surface area contributed by atoms with Crippen LogP contribution in [0.1, 0.15) is 52.3 Å². The van der Waals surface area contributed by atoms with Crippen molar-refractivity contribution in [3.8, 4) is 0 Å². The van der Waals surface area contributed by atoms with E-state index in [1.807, 2.05) is 12.3 Å². The maximum atomic E-state index is 4.69. The van der Waals surface area contributed by atoms with Gasteiger partial charge in [-0.2, -0.15) is 0 Å². The van der Waals surface area contributed by atoms with Crippen molar-refractivity contribution in [3.63, 3.8) is 0 Å². The molecule has 2 aromatic rings. The van der Waals surface area contributed by atoms with Crippen molar-refractivity contribution in [2.45, 2.75) is 52.5 Å². The molecular weight excluding hydrogens is 224 g/mol. The molecule has 1 atom stereocenters. The molecule has 0 aliphatic carbocycles. The third-order valence-electron chi connectivity index (χ3n) is 3.02. The highest BCUT2D eigenvalue weighted by Gasteiger charge is 2.13. The molecule has 0 spiro atoms. The molecule has 0 bridgehead atoms. The van der Waals surface area contributed by atoms with E-state index in [-0.39, 0.29) is 0 Å². The van der Waals surface area contributed by atoms with Crippen molar-refractivity contribution >= 4 is 16.9 Å². The molecule has 2 aromatic heterocycles. The van der Waals surface area contributed by atoms with Crippen LogP contribution in [-0.2, 0) is 0 Å². The van der Waals surface area contributed by atoms with E-state index in [1.165, 1.54) is 0 Å². The van der Waals surface area contributed by atoms with Gasteiger partial charge < -0.3 is 10.3 Å². The fraction of sp³-hybridized carbons (Fsp3) is 0.571. The summed E-state index contributed by atoms with van der Waals surface area (Å²) < 4.78 is 0. The number of aromatic nitrogens is 3. The third kappa shape index (κ3) is 2.63. The Bertz CT molecular complexity index is 515. The van der Waals surface area contributed by atoms with Gasteiger partial charge in [-0.1, -0.05) is 20.3 Å². The Morgan fingerprint density at radius 1 is 1.28 bits per heavy atom. The van der Waals surface area contributed by atoms with Gasteiger partial charge in [-0.3, -0.25) is 0 Å². The van der Waals surface area contributed by atoms with Gasteiger partial charge in [-0.05, 0) is 26.3 Å². The number of hydrogen-bond acceptors (Lipinski definition) is 3. The lowest BCUT2D eigenvalue weighted by Crippen LogP contribution is -2.13. The van der Waals surface area contributed by atoms with Crippen LogP contribution in [0.25, 0.3) is 11.0 Å².